The molecule has 3 heteroatoms. The number of halogens is 1. The second-order valence-corrected chi connectivity index (χ2v) is 7.57. The first-order valence-electron chi connectivity index (χ1n) is 9.04. The summed E-state index contributed by atoms with van der Waals surface area (Å²) in [5.41, 5.74) is 0.473. The number of alkyl halides is 1. The number of ether oxygens (including phenoxy) is 1. The minimum absolute atomic E-state index is 0.279. The molecule has 2 nitrogen and oxygen atoms in total. The molecular formula is C19H35BrO2. The summed E-state index contributed by atoms with van der Waals surface area (Å²) < 4.78 is 5.11. The fourth-order valence-electron chi connectivity index (χ4n) is 2.40. The summed E-state index contributed by atoms with van der Waals surface area (Å²) in [5, 5.41) is 0. The minimum atomic E-state index is -0.279. The number of unbranched alkanes of at least 4 members (excludes halogenated alkanes) is 9. The molecule has 0 aromatic heterocycles. The Hall–Kier alpha value is -0.310. The largest absolute Gasteiger partial charge is 0.462 e. The van der Waals surface area contributed by atoms with Gasteiger partial charge in [0.25, 0.3) is 0 Å². The summed E-state index contributed by atoms with van der Waals surface area (Å²) in [6.07, 6.45) is 15.8. The lowest BCUT2D eigenvalue weighted by molar-refractivity contribution is -0.139. The van der Waals surface area contributed by atoms with Crippen molar-refractivity contribution in [1.82, 2.24) is 0 Å². The smallest absolute Gasteiger partial charge is 0.333 e. The predicted octanol–water partition coefficient (Wildman–Crippen LogP) is 6.57. The van der Waals surface area contributed by atoms with Crippen LogP contribution in [-0.2, 0) is 9.53 Å². The summed E-state index contributed by atoms with van der Waals surface area (Å²) in [7, 11) is 0. The van der Waals surface area contributed by atoms with E-state index in [-0.39, 0.29) is 5.97 Å². The van der Waals surface area contributed by atoms with Gasteiger partial charge in [0.2, 0.25) is 0 Å². The van der Waals surface area contributed by atoms with Crippen molar-refractivity contribution in [2.45, 2.75) is 95.7 Å². The van der Waals surface area contributed by atoms with Crippen LogP contribution in [0.1, 0.15) is 90.9 Å². The van der Waals surface area contributed by atoms with Crippen molar-refractivity contribution < 1.29 is 9.53 Å². The van der Waals surface area contributed by atoms with Gasteiger partial charge in [0, 0.05) is 10.4 Å². The highest BCUT2D eigenvalue weighted by Gasteiger charge is 2.07. The molecular weight excluding hydrogens is 340 g/mol. The highest BCUT2D eigenvalue weighted by atomic mass is 79.9. The molecule has 0 aromatic rings. The molecule has 22 heavy (non-hydrogen) atoms. The molecule has 1 unspecified atom stereocenters. The van der Waals surface area contributed by atoms with Crippen molar-refractivity contribution in [3.05, 3.63) is 12.2 Å². The van der Waals surface area contributed by atoms with Gasteiger partial charge in [0.05, 0.1) is 6.61 Å². The average Bonchev–Trinajstić information content (AvgIpc) is 2.49. The summed E-state index contributed by atoms with van der Waals surface area (Å²) >= 11 is 3.67. The highest BCUT2D eigenvalue weighted by Crippen LogP contribution is 2.17. The Bertz CT molecular complexity index is 289. The van der Waals surface area contributed by atoms with E-state index in [0.29, 0.717) is 17.0 Å². The topological polar surface area (TPSA) is 26.3 Å². The molecule has 0 radical (unpaired) electrons. The lowest BCUT2D eigenvalue weighted by atomic mass is 10.0. The van der Waals surface area contributed by atoms with Crippen molar-refractivity contribution in [2.24, 2.45) is 0 Å². The van der Waals surface area contributed by atoms with E-state index in [9.17, 15) is 4.79 Å². The van der Waals surface area contributed by atoms with Crippen molar-refractivity contribution in [1.29, 1.82) is 0 Å². The molecule has 0 aliphatic carbocycles. The third-order valence-electron chi connectivity index (χ3n) is 3.88. The van der Waals surface area contributed by atoms with E-state index >= 15 is 0 Å². The predicted molar refractivity (Wildman–Crippen MR) is 99.6 cm³/mol. The van der Waals surface area contributed by atoms with E-state index in [4.69, 9.17) is 4.74 Å². The molecule has 0 bridgehead atoms. The maximum absolute atomic E-state index is 11.2. The molecule has 0 N–H and O–H groups in total. The van der Waals surface area contributed by atoms with Crippen LogP contribution in [0.3, 0.4) is 0 Å². The number of rotatable bonds is 15. The maximum atomic E-state index is 11.2. The summed E-state index contributed by atoms with van der Waals surface area (Å²) in [5.74, 6) is -0.279. The Morgan fingerprint density at radius 2 is 1.45 bits per heavy atom. The fraction of sp³-hybridized carbons (Fsp3) is 0.842. The van der Waals surface area contributed by atoms with Gasteiger partial charge in [-0.1, -0.05) is 93.6 Å². The van der Waals surface area contributed by atoms with Gasteiger partial charge < -0.3 is 4.74 Å². The molecule has 0 aliphatic heterocycles. The first-order valence-corrected chi connectivity index (χ1v) is 9.96. The molecule has 1 atom stereocenters. The average molecular weight is 375 g/mol. The van der Waals surface area contributed by atoms with Gasteiger partial charge in [0.1, 0.15) is 0 Å². The van der Waals surface area contributed by atoms with E-state index in [1.165, 1.54) is 70.6 Å². The monoisotopic (exact) mass is 374 g/mol. The summed E-state index contributed by atoms with van der Waals surface area (Å²) in [6, 6.07) is 0. The van der Waals surface area contributed by atoms with Crippen LogP contribution in [0.2, 0.25) is 0 Å². The molecule has 0 heterocycles. The van der Waals surface area contributed by atoms with Crippen LogP contribution >= 0.6 is 15.9 Å². The summed E-state index contributed by atoms with van der Waals surface area (Å²) in [4.78, 5) is 11.7. The SMILES string of the molecule is C=C(C)C(=O)OCCC(Br)CCCCCCCCCCCC. The van der Waals surface area contributed by atoms with Crippen LogP contribution in [0, 0.1) is 0 Å². The van der Waals surface area contributed by atoms with Crippen molar-refractivity contribution >= 4 is 21.9 Å². The van der Waals surface area contributed by atoms with Gasteiger partial charge in [-0.25, -0.2) is 4.79 Å². The van der Waals surface area contributed by atoms with E-state index in [1.807, 2.05) is 0 Å². The minimum Gasteiger partial charge on any atom is -0.462 e. The molecule has 0 spiro atoms. The Kier molecular flexibility index (Phi) is 15.4. The Balaban J connectivity index is 3.26. The van der Waals surface area contributed by atoms with E-state index in [1.54, 1.807) is 6.92 Å². The summed E-state index contributed by atoms with van der Waals surface area (Å²) in [6.45, 7) is 8.00. The van der Waals surface area contributed by atoms with E-state index < -0.39 is 0 Å². The standard InChI is InChI=1S/C19H35BrO2/c1-4-5-6-7-8-9-10-11-12-13-14-18(20)15-16-22-19(21)17(2)3/h18H,2,4-16H2,1,3H3. The van der Waals surface area contributed by atoms with Crippen LogP contribution in [0.25, 0.3) is 0 Å². The molecule has 0 aromatic carbocycles. The molecule has 0 saturated carbocycles. The van der Waals surface area contributed by atoms with Gasteiger partial charge in [-0.2, -0.15) is 0 Å². The van der Waals surface area contributed by atoms with Crippen LogP contribution in [0.15, 0.2) is 12.2 Å². The number of carbonyl (C=O) groups excluding carboxylic acids is 1. The second-order valence-electron chi connectivity index (χ2n) is 6.27. The Morgan fingerprint density at radius 3 is 1.95 bits per heavy atom. The maximum Gasteiger partial charge on any atom is 0.333 e. The van der Waals surface area contributed by atoms with Crippen molar-refractivity contribution in [3.8, 4) is 0 Å². The molecule has 0 aliphatic rings. The highest BCUT2D eigenvalue weighted by molar-refractivity contribution is 9.09. The quantitative estimate of drug-likeness (QED) is 0.140. The lowest BCUT2D eigenvalue weighted by Crippen LogP contribution is -2.10. The number of hydrogen-bond donors (Lipinski definition) is 0. The van der Waals surface area contributed by atoms with Crippen molar-refractivity contribution in [2.75, 3.05) is 6.61 Å². The number of hydrogen-bond acceptors (Lipinski definition) is 2. The fourth-order valence-corrected chi connectivity index (χ4v) is 2.91. The van der Waals surface area contributed by atoms with Crippen LogP contribution in [0.5, 0.6) is 0 Å². The zero-order chi connectivity index (χ0) is 16.6. The van der Waals surface area contributed by atoms with Crippen LogP contribution < -0.4 is 0 Å². The molecule has 0 fully saturated rings. The van der Waals surface area contributed by atoms with Crippen molar-refractivity contribution in [3.63, 3.8) is 0 Å². The lowest BCUT2D eigenvalue weighted by Gasteiger charge is -2.10. The van der Waals surface area contributed by atoms with Gasteiger partial charge >= 0.3 is 5.97 Å². The van der Waals surface area contributed by atoms with Crippen LogP contribution in [-0.4, -0.2) is 17.4 Å². The van der Waals surface area contributed by atoms with Gasteiger partial charge in [-0.15, -0.1) is 0 Å². The molecule has 130 valence electrons. The molecule has 0 rings (SSSR count). The van der Waals surface area contributed by atoms with E-state index in [2.05, 4.69) is 29.4 Å². The zero-order valence-electron chi connectivity index (χ0n) is 14.7. The second kappa shape index (κ2) is 15.6. The zero-order valence-corrected chi connectivity index (χ0v) is 16.3. The first-order chi connectivity index (χ1) is 10.6. The van der Waals surface area contributed by atoms with Crippen LogP contribution in [0.4, 0.5) is 0 Å². The van der Waals surface area contributed by atoms with Gasteiger partial charge in [0.15, 0.2) is 0 Å². The molecule has 0 saturated heterocycles. The first kappa shape index (κ1) is 21.7. The number of esters is 1. The molecule has 0 amide bonds. The van der Waals surface area contributed by atoms with Gasteiger partial charge in [-0.05, 0) is 19.8 Å². The van der Waals surface area contributed by atoms with Gasteiger partial charge in [-0.3, -0.25) is 0 Å². The van der Waals surface area contributed by atoms with E-state index in [0.717, 1.165) is 6.42 Å². The number of carbonyl (C=O) groups is 1. The third-order valence-corrected chi connectivity index (χ3v) is 4.80. The Labute approximate surface area is 146 Å². The Morgan fingerprint density at radius 1 is 0.955 bits per heavy atom. The third kappa shape index (κ3) is 14.6. The normalized spacial score (nSPS) is 12.1.